The molecule has 2 amide bonds. The third-order valence-electron chi connectivity index (χ3n) is 4.13. The summed E-state index contributed by atoms with van der Waals surface area (Å²) in [4.78, 5) is 41.6. The van der Waals surface area contributed by atoms with Gasteiger partial charge in [-0.05, 0) is 33.6 Å². The number of carbonyl (C=O) groups excluding carboxylic acids is 3. The number of aliphatic imine (C=N–C) groups is 1. The Bertz CT molecular complexity index is 555. The minimum absolute atomic E-state index is 0.0134. The van der Waals surface area contributed by atoms with E-state index in [1.165, 1.54) is 4.90 Å². The molecule has 8 nitrogen and oxygen atoms in total. The first kappa shape index (κ1) is 23.9. The normalized spacial score (nSPS) is 20.9. The first-order valence-electron chi connectivity index (χ1n) is 10.2. The average Bonchev–Trinajstić information content (AvgIpc) is 2.56. The first-order valence-corrected chi connectivity index (χ1v) is 10.2. The lowest BCUT2D eigenvalue weighted by Gasteiger charge is -2.22. The molecule has 1 fully saturated rings. The molecule has 160 valence electrons. The van der Waals surface area contributed by atoms with Crippen LogP contribution in [0.2, 0.25) is 0 Å². The molecular formula is C20H35N3O5. The van der Waals surface area contributed by atoms with E-state index in [0.717, 1.165) is 51.4 Å². The van der Waals surface area contributed by atoms with Gasteiger partial charge in [0.1, 0.15) is 12.1 Å². The summed E-state index contributed by atoms with van der Waals surface area (Å²) < 4.78 is 10.4. The maximum atomic E-state index is 12.2. The summed E-state index contributed by atoms with van der Waals surface area (Å²) in [5, 5.41) is 2.63. The predicted molar refractivity (Wildman–Crippen MR) is 107 cm³/mol. The van der Waals surface area contributed by atoms with Crippen LogP contribution < -0.4 is 5.32 Å². The van der Waals surface area contributed by atoms with E-state index < -0.39 is 17.7 Å². The van der Waals surface area contributed by atoms with Crippen molar-refractivity contribution in [1.29, 1.82) is 0 Å². The zero-order valence-electron chi connectivity index (χ0n) is 17.7. The van der Waals surface area contributed by atoms with Gasteiger partial charge in [-0.2, -0.15) is 0 Å². The number of likely N-dealkylation sites (N-methyl/N-ethyl adjacent to an activating group) is 1. The SMILES string of the molecule is CN1CC(=O)OCCCCCCCCCCC(=O)NC1=NC(=O)OC(C)(C)C. The number of rotatable bonds is 0. The van der Waals surface area contributed by atoms with E-state index in [4.69, 9.17) is 9.47 Å². The Morgan fingerprint density at radius 1 is 1.04 bits per heavy atom. The number of nitrogens with zero attached hydrogens (tertiary/aromatic N) is 2. The van der Waals surface area contributed by atoms with Gasteiger partial charge in [-0.3, -0.25) is 14.9 Å². The van der Waals surface area contributed by atoms with Crippen LogP contribution in [0.15, 0.2) is 4.99 Å². The van der Waals surface area contributed by atoms with E-state index in [-0.39, 0.29) is 18.4 Å². The summed E-state index contributed by atoms with van der Waals surface area (Å²) in [5.41, 5.74) is -0.709. The summed E-state index contributed by atoms with van der Waals surface area (Å²) in [5.74, 6) is -0.690. The molecule has 0 unspecified atom stereocenters. The number of nitrogens with one attached hydrogen (secondary N) is 1. The van der Waals surface area contributed by atoms with Crippen molar-refractivity contribution in [2.24, 2.45) is 4.99 Å². The fraction of sp³-hybridized carbons (Fsp3) is 0.800. The molecule has 8 heteroatoms. The van der Waals surface area contributed by atoms with Crippen molar-refractivity contribution in [2.75, 3.05) is 20.2 Å². The standard InChI is InChI=1S/C20H35N3O5/c1-20(2,3)28-19(26)22-18-21-16(24)13-11-9-7-5-6-8-10-12-14-27-17(25)15-23(18)4/h5-15H2,1-4H3,(H,21,22,24,26). The Kier molecular flexibility index (Phi) is 10.6. The molecule has 1 heterocycles. The zero-order valence-corrected chi connectivity index (χ0v) is 17.7. The van der Waals surface area contributed by atoms with Gasteiger partial charge < -0.3 is 14.4 Å². The topological polar surface area (TPSA) is 97.3 Å². The molecule has 0 spiro atoms. The Balaban J connectivity index is 2.83. The molecule has 0 aromatic heterocycles. The Morgan fingerprint density at radius 2 is 1.61 bits per heavy atom. The number of guanidine groups is 1. The third-order valence-corrected chi connectivity index (χ3v) is 4.13. The molecule has 0 atom stereocenters. The zero-order chi connectivity index (χ0) is 21.0. The molecule has 1 N–H and O–H groups in total. The van der Waals surface area contributed by atoms with Crippen LogP contribution in [0.3, 0.4) is 0 Å². The Hall–Kier alpha value is -2.12. The van der Waals surface area contributed by atoms with Gasteiger partial charge in [0.15, 0.2) is 0 Å². The number of amides is 2. The highest BCUT2D eigenvalue weighted by Crippen LogP contribution is 2.11. The summed E-state index contributed by atoms with van der Waals surface area (Å²) in [7, 11) is 1.57. The van der Waals surface area contributed by atoms with Crippen molar-refractivity contribution in [2.45, 2.75) is 84.2 Å². The van der Waals surface area contributed by atoms with E-state index in [0.29, 0.717) is 13.0 Å². The molecule has 0 bridgehead atoms. The van der Waals surface area contributed by atoms with E-state index in [9.17, 15) is 14.4 Å². The smallest absolute Gasteiger partial charge is 0.437 e. The molecule has 1 aliphatic rings. The van der Waals surface area contributed by atoms with Crippen LogP contribution in [0, 0.1) is 0 Å². The Labute approximate surface area is 168 Å². The largest absolute Gasteiger partial charge is 0.464 e. The highest BCUT2D eigenvalue weighted by Gasteiger charge is 2.20. The van der Waals surface area contributed by atoms with Crippen molar-refractivity contribution >= 4 is 23.9 Å². The van der Waals surface area contributed by atoms with Crippen LogP contribution in [-0.2, 0) is 19.1 Å². The molecule has 1 saturated heterocycles. The first-order chi connectivity index (χ1) is 13.2. The summed E-state index contributed by atoms with van der Waals surface area (Å²) in [6, 6.07) is 0. The van der Waals surface area contributed by atoms with E-state index in [2.05, 4.69) is 10.3 Å². The highest BCUT2D eigenvalue weighted by molar-refractivity contribution is 6.01. The molecule has 0 aromatic rings. The van der Waals surface area contributed by atoms with E-state index >= 15 is 0 Å². The van der Waals surface area contributed by atoms with Crippen molar-refractivity contribution in [3.05, 3.63) is 0 Å². The minimum Gasteiger partial charge on any atom is -0.464 e. The van der Waals surface area contributed by atoms with Gasteiger partial charge >= 0.3 is 12.1 Å². The maximum Gasteiger partial charge on any atom is 0.437 e. The molecule has 1 rings (SSSR count). The van der Waals surface area contributed by atoms with Crippen LogP contribution >= 0.6 is 0 Å². The second-order valence-corrected chi connectivity index (χ2v) is 8.12. The lowest BCUT2D eigenvalue weighted by atomic mass is 10.1. The third kappa shape index (κ3) is 11.6. The quantitative estimate of drug-likeness (QED) is 0.629. The lowest BCUT2D eigenvalue weighted by molar-refractivity contribution is -0.144. The van der Waals surface area contributed by atoms with Gasteiger partial charge in [0, 0.05) is 13.5 Å². The summed E-state index contributed by atoms with van der Waals surface area (Å²) >= 11 is 0. The highest BCUT2D eigenvalue weighted by atomic mass is 16.6. The van der Waals surface area contributed by atoms with Gasteiger partial charge in [0.25, 0.3) is 0 Å². The number of hydrogen-bond acceptors (Lipinski definition) is 5. The summed E-state index contributed by atoms with van der Waals surface area (Å²) in [6.07, 6.45) is 7.69. The van der Waals surface area contributed by atoms with Gasteiger partial charge in [0.2, 0.25) is 11.9 Å². The van der Waals surface area contributed by atoms with Crippen molar-refractivity contribution in [3.63, 3.8) is 0 Å². The van der Waals surface area contributed by atoms with Crippen LogP contribution in [0.1, 0.15) is 78.6 Å². The van der Waals surface area contributed by atoms with Crippen LogP contribution in [0.25, 0.3) is 0 Å². The fourth-order valence-corrected chi connectivity index (χ4v) is 2.72. The number of carbonyl (C=O) groups is 3. The number of esters is 1. The van der Waals surface area contributed by atoms with E-state index in [1.54, 1.807) is 27.8 Å². The second-order valence-electron chi connectivity index (χ2n) is 8.12. The molecule has 0 saturated carbocycles. The molecule has 28 heavy (non-hydrogen) atoms. The minimum atomic E-state index is -0.825. The number of ether oxygens (including phenoxy) is 2. The van der Waals surface area contributed by atoms with Gasteiger partial charge in [-0.15, -0.1) is 4.99 Å². The maximum absolute atomic E-state index is 12.2. The predicted octanol–water partition coefficient (Wildman–Crippen LogP) is 3.39. The Morgan fingerprint density at radius 3 is 2.21 bits per heavy atom. The second kappa shape index (κ2) is 12.4. The average molecular weight is 398 g/mol. The number of cyclic esters (lactones) is 1. The van der Waals surface area contributed by atoms with Gasteiger partial charge in [-0.1, -0.05) is 38.5 Å². The molecule has 1 aliphatic heterocycles. The van der Waals surface area contributed by atoms with Crippen molar-refractivity contribution < 1.29 is 23.9 Å². The van der Waals surface area contributed by atoms with Crippen molar-refractivity contribution in [1.82, 2.24) is 10.2 Å². The van der Waals surface area contributed by atoms with Crippen LogP contribution in [0.5, 0.6) is 0 Å². The van der Waals surface area contributed by atoms with Crippen LogP contribution in [0.4, 0.5) is 4.79 Å². The molecule has 0 aromatic carbocycles. The molecular weight excluding hydrogens is 362 g/mol. The lowest BCUT2D eigenvalue weighted by Crippen LogP contribution is -2.45. The van der Waals surface area contributed by atoms with Gasteiger partial charge in [-0.25, -0.2) is 4.79 Å². The van der Waals surface area contributed by atoms with Crippen LogP contribution in [-0.4, -0.2) is 54.6 Å². The van der Waals surface area contributed by atoms with E-state index in [1.807, 2.05) is 0 Å². The fourth-order valence-electron chi connectivity index (χ4n) is 2.72. The monoisotopic (exact) mass is 397 g/mol. The summed E-state index contributed by atoms with van der Waals surface area (Å²) in [6.45, 7) is 5.44. The van der Waals surface area contributed by atoms with Crippen molar-refractivity contribution in [3.8, 4) is 0 Å². The molecule has 0 aliphatic carbocycles. The van der Waals surface area contributed by atoms with Gasteiger partial charge in [0.05, 0.1) is 6.61 Å². The number of hydrogen-bond donors (Lipinski definition) is 1. The molecule has 0 radical (unpaired) electrons.